The van der Waals surface area contributed by atoms with Crippen molar-refractivity contribution >= 4 is 29.9 Å². The van der Waals surface area contributed by atoms with Gasteiger partial charge in [-0.05, 0) is 13.3 Å². The number of ether oxygens (including phenoxy) is 1. The van der Waals surface area contributed by atoms with Gasteiger partial charge in [0.25, 0.3) is 0 Å². The molecule has 8 nitrogen and oxygen atoms in total. The third kappa shape index (κ3) is 12.0. The van der Waals surface area contributed by atoms with Crippen molar-refractivity contribution in [3.63, 3.8) is 0 Å². The summed E-state index contributed by atoms with van der Waals surface area (Å²) in [6, 6.07) is 0. The number of unbranched alkanes of at least 4 members (excludes halogenated alkanes) is 7. The van der Waals surface area contributed by atoms with Crippen LogP contribution in [0.15, 0.2) is 4.99 Å². The molecule has 1 fully saturated rings. The molecule has 1 saturated heterocycles. The Morgan fingerprint density at radius 3 is 2.26 bits per heavy atom. The molecule has 2 N–H and O–H groups in total. The molecular formula is C22H44IN7O. The molecule has 9 heteroatoms. The van der Waals surface area contributed by atoms with E-state index in [0.717, 1.165) is 63.5 Å². The zero-order valence-electron chi connectivity index (χ0n) is 19.9. The number of aliphatic imine (C=N–C) groups is 1. The standard InChI is InChI=1S/C22H43N7O.HI/c1-4-5-6-7-8-9-10-11-12-23-22(24-13-14-29-15-17-30-18-16-29)25-19-21-27-26-20(2)28(21)3;/h4-19H2,1-3H3,(H2,23,24,25);1H. The lowest BCUT2D eigenvalue weighted by Gasteiger charge is -2.26. The van der Waals surface area contributed by atoms with Crippen LogP contribution in [-0.4, -0.2) is 71.6 Å². The number of guanidine groups is 1. The molecule has 0 saturated carbocycles. The van der Waals surface area contributed by atoms with Crippen LogP contribution in [0.2, 0.25) is 0 Å². The maximum Gasteiger partial charge on any atom is 0.191 e. The third-order valence-corrected chi connectivity index (χ3v) is 5.71. The number of morpholine rings is 1. The number of hydrogen-bond acceptors (Lipinski definition) is 5. The van der Waals surface area contributed by atoms with E-state index < -0.39 is 0 Å². The molecule has 1 aliphatic heterocycles. The first kappa shape index (κ1) is 28.1. The Hall–Kier alpha value is -0.940. The van der Waals surface area contributed by atoms with Gasteiger partial charge in [0, 0.05) is 39.8 Å². The van der Waals surface area contributed by atoms with Crippen LogP contribution in [0.3, 0.4) is 0 Å². The van der Waals surface area contributed by atoms with Crippen LogP contribution in [0.5, 0.6) is 0 Å². The molecule has 2 heterocycles. The number of aromatic nitrogens is 3. The van der Waals surface area contributed by atoms with Crippen molar-refractivity contribution in [2.75, 3.05) is 45.9 Å². The minimum absolute atomic E-state index is 0. The summed E-state index contributed by atoms with van der Waals surface area (Å²) < 4.78 is 7.42. The quantitative estimate of drug-likeness (QED) is 0.161. The van der Waals surface area contributed by atoms with Crippen molar-refractivity contribution in [3.05, 3.63) is 11.6 Å². The second-order valence-electron chi connectivity index (χ2n) is 8.17. The maximum absolute atomic E-state index is 5.43. The molecule has 0 atom stereocenters. The predicted octanol–water partition coefficient (Wildman–Crippen LogP) is 3.25. The van der Waals surface area contributed by atoms with Gasteiger partial charge in [0.15, 0.2) is 11.8 Å². The van der Waals surface area contributed by atoms with Gasteiger partial charge in [-0.3, -0.25) is 4.90 Å². The number of aryl methyl sites for hydroxylation is 1. The maximum atomic E-state index is 5.43. The second kappa shape index (κ2) is 17.6. The number of hydrogen-bond donors (Lipinski definition) is 2. The van der Waals surface area contributed by atoms with Crippen LogP contribution in [0, 0.1) is 6.92 Å². The van der Waals surface area contributed by atoms with E-state index in [1.165, 1.54) is 51.4 Å². The van der Waals surface area contributed by atoms with Crippen molar-refractivity contribution in [1.29, 1.82) is 0 Å². The Balaban J connectivity index is 0.00000480. The van der Waals surface area contributed by atoms with Crippen LogP contribution >= 0.6 is 24.0 Å². The van der Waals surface area contributed by atoms with Gasteiger partial charge in [-0.25, -0.2) is 4.99 Å². The first-order chi connectivity index (χ1) is 14.7. The zero-order valence-corrected chi connectivity index (χ0v) is 22.2. The topological polar surface area (TPSA) is 79.6 Å². The van der Waals surface area contributed by atoms with Gasteiger partial charge < -0.3 is 19.9 Å². The average Bonchev–Trinajstić information content (AvgIpc) is 3.08. The smallest absolute Gasteiger partial charge is 0.191 e. The van der Waals surface area contributed by atoms with Crippen LogP contribution in [-0.2, 0) is 18.3 Å². The highest BCUT2D eigenvalue weighted by Crippen LogP contribution is 2.08. The van der Waals surface area contributed by atoms with Gasteiger partial charge in [0.1, 0.15) is 12.4 Å². The zero-order chi connectivity index (χ0) is 21.4. The third-order valence-electron chi connectivity index (χ3n) is 5.71. The molecule has 180 valence electrons. The van der Waals surface area contributed by atoms with E-state index in [4.69, 9.17) is 9.73 Å². The Labute approximate surface area is 206 Å². The van der Waals surface area contributed by atoms with Gasteiger partial charge in [0.05, 0.1) is 13.2 Å². The fraction of sp³-hybridized carbons (Fsp3) is 0.864. The van der Waals surface area contributed by atoms with E-state index in [1.54, 1.807) is 0 Å². The number of halogens is 1. The Kier molecular flexibility index (Phi) is 15.9. The summed E-state index contributed by atoms with van der Waals surface area (Å²) in [5.41, 5.74) is 0. The molecule has 1 aromatic heterocycles. The predicted molar refractivity (Wildman–Crippen MR) is 138 cm³/mol. The molecule has 1 aromatic rings. The molecule has 0 amide bonds. The second-order valence-corrected chi connectivity index (χ2v) is 8.17. The number of nitrogens with one attached hydrogen (secondary N) is 2. The van der Waals surface area contributed by atoms with E-state index >= 15 is 0 Å². The Morgan fingerprint density at radius 2 is 1.61 bits per heavy atom. The van der Waals surface area contributed by atoms with Crippen molar-refractivity contribution in [3.8, 4) is 0 Å². The van der Waals surface area contributed by atoms with Crippen LogP contribution in [0.4, 0.5) is 0 Å². The summed E-state index contributed by atoms with van der Waals surface area (Å²) in [7, 11) is 1.99. The highest BCUT2D eigenvalue weighted by atomic mass is 127. The lowest BCUT2D eigenvalue weighted by Crippen LogP contribution is -2.44. The van der Waals surface area contributed by atoms with Crippen molar-refractivity contribution in [1.82, 2.24) is 30.3 Å². The summed E-state index contributed by atoms with van der Waals surface area (Å²) in [4.78, 5) is 7.18. The average molecular weight is 550 g/mol. The molecule has 0 aliphatic carbocycles. The molecule has 0 radical (unpaired) electrons. The molecule has 0 spiro atoms. The molecule has 2 rings (SSSR count). The van der Waals surface area contributed by atoms with E-state index in [1.807, 2.05) is 18.5 Å². The summed E-state index contributed by atoms with van der Waals surface area (Å²) in [6.45, 7) is 11.3. The lowest BCUT2D eigenvalue weighted by atomic mass is 10.1. The minimum atomic E-state index is 0. The number of nitrogens with zero attached hydrogens (tertiary/aromatic N) is 5. The first-order valence-corrected chi connectivity index (χ1v) is 11.9. The summed E-state index contributed by atoms with van der Waals surface area (Å²) >= 11 is 0. The van der Waals surface area contributed by atoms with Crippen molar-refractivity contribution in [2.24, 2.45) is 12.0 Å². The van der Waals surface area contributed by atoms with Gasteiger partial charge in [0.2, 0.25) is 0 Å². The highest BCUT2D eigenvalue weighted by Gasteiger charge is 2.10. The Morgan fingerprint density at radius 1 is 0.968 bits per heavy atom. The normalized spacial score (nSPS) is 15.0. The number of rotatable bonds is 14. The minimum Gasteiger partial charge on any atom is -0.379 e. The lowest BCUT2D eigenvalue weighted by molar-refractivity contribution is 0.0389. The van der Waals surface area contributed by atoms with Crippen molar-refractivity contribution < 1.29 is 4.74 Å². The van der Waals surface area contributed by atoms with Crippen molar-refractivity contribution in [2.45, 2.75) is 71.8 Å². The SMILES string of the molecule is CCCCCCCCCCNC(=NCc1nnc(C)n1C)NCCN1CCOCC1.I. The largest absolute Gasteiger partial charge is 0.379 e. The van der Waals surface area contributed by atoms with Gasteiger partial charge >= 0.3 is 0 Å². The molecule has 0 unspecified atom stereocenters. The monoisotopic (exact) mass is 549 g/mol. The molecule has 0 aromatic carbocycles. The van der Waals surface area contributed by atoms with Gasteiger partial charge in [-0.1, -0.05) is 51.9 Å². The summed E-state index contributed by atoms with van der Waals surface area (Å²) in [5, 5.41) is 15.3. The summed E-state index contributed by atoms with van der Waals surface area (Å²) in [5.74, 6) is 2.66. The Bertz CT molecular complexity index is 603. The van der Waals surface area contributed by atoms with E-state index in [0.29, 0.717) is 6.54 Å². The van der Waals surface area contributed by atoms with E-state index in [9.17, 15) is 0 Å². The van der Waals surface area contributed by atoms with Crippen LogP contribution in [0.1, 0.15) is 69.9 Å². The van der Waals surface area contributed by atoms with Crippen LogP contribution in [0.25, 0.3) is 0 Å². The van der Waals surface area contributed by atoms with Gasteiger partial charge in [-0.15, -0.1) is 34.2 Å². The van der Waals surface area contributed by atoms with Gasteiger partial charge in [-0.2, -0.15) is 0 Å². The first-order valence-electron chi connectivity index (χ1n) is 11.9. The molecule has 1 aliphatic rings. The van der Waals surface area contributed by atoms with Crippen LogP contribution < -0.4 is 10.6 Å². The molecule has 0 bridgehead atoms. The highest BCUT2D eigenvalue weighted by molar-refractivity contribution is 14.0. The van der Waals surface area contributed by atoms with E-state index in [-0.39, 0.29) is 24.0 Å². The molecular weight excluding hydrogens is 505 g/mol. The fourth-order valence-corrected chi connectivity index (χ4v) is 3.54. The molecule has 31 heavy (non-hydrogen) atoms. The van der Waals surface area contributed by atoms with E-state index in [2.05, 4.69) is 32.7 Å². The summed E-state index contributed by atoms with van der Waals surface area (Å²) in [6.07, 6.45) is 10.6. The fourth-order valence-electron chi connectivity index (χ4n) is 3.54.